The maximum Gasteiger partial charge on any atom is 0.416 e. The van der Waals surface area contributed by atoms with Gasteiger partial charge in [0.25, 0.3) is 0 Å². The van der Waals surface area contributed by atoms with Gasteiger partial charge >= 0.3 is 6.18 Å². The summed E-state index contributed by atoms with van der Waals surface area (Å²) in [5.74, 6) is 0.738. The Labute approximate surface area is 153 Å². The van der Waals surface area contributed by atoms with Crippen LogP contribution < -0.4 is 0 Å². The highest BCUT2D eigenvalue weighted by atomic mass is 19.4. The van der Waals surface area contributed by atoms with Crippen molar-refractivity contribution in [2.24, 2.45) is 0 Å². The summed E-state index contributed by atoms with van der Waals surface area (Å²) in [7, 11) is 0. The molecule has 8 heteroatoms. The lowest BCUT2D eigenvalue weighted by atomic mass is 10.1. The molecule has 0 bridgehead atoms. The SMILES string of the molecule is FC(F)(F)c1cccc(-c2noc([C@H]3CCN(Cc4ccncc4)C3)n2)c1. The Morgan fingerprint density at radius 2 is 1.96 bits per heavy atom. The van der Waals surface area contributed by atoms with E-state index in [1.165, 1.54) is 11.6 Å². The first kappa shape index (κ1) is 17.7. The monoisotopic (exact) mass is 374 g/mol. The molecule has 0 spiro atoms. The summed E-state index contributed by atoms with van der Waals surface area (Å²) < 4.78 is 44.0. The van der Waals surface area contributed by atoms with Crippen molar-refractivity contribution in [2.75, 3.05) is 13.1 Å². The Hall–Kier alpha value is -2.74. The molecule has 4 rings (SSSR count). The zero-order chi connectivity index (χ0) is 18.9. The molecule has 2 aromatic heterocycles. The Morgan fingerprint density at radius 1 is 1.15 bits per heavy atom. The largest absolute Gasteiger partial charge is 0.416 e. The maximum absolute atomic E-state index is 12.9. The molecule has 0 radical (unpaired) electrons. The van der Waals surface area contributed by atoms with Gasteiger partial charge in [-0.1, -0.05) is 17.3 Å². The van der Waals surface area contributed by atoms with E-state index in [4.69, 9.17) is 4.52 Å². The van der Waals surface area contributed by atoms with Gasteiger partial charge in [-0.3, -0.25) is 9.88 Å². The predicted octanol–water partition coefficient (Wildman–Crippen LogP) is 4.14. The molecule has 1 saturated heterocycles. The third-order valence-corrected chi connectivity index (χ3v) is 4.67. The fourth-order valence-corrected chi connectivity index (χ4v) is 3.28. The zero-order valence-electron chi connectivity index (χ0n) is 14.4. The van der Waals surface area contributed by atoms with E-state index in [0.717, 1.165) is 38.2 Å². The molecular formula is C19H17F3N4O. The number of halogens is 3. The molecule has 1 atom stereocenters. The number of rotatable bonds is 4. The quantitative estimate of drug-likeness (QED) is 0.687. The van der Waals surface area contributed by atoms with Gasteiger partial charge in [0.15, 0.2) is 0 Å². The van der Waals surface area contributed by atoms with Gasteiger partial charge in [-0.2, -0.15) is 18.2 Å². The van der Waals surface area contributed by atoms with Gasteiger partial charge in [0, 0.05) is 31.0 Å². The smallest absolute Gasteiger partial charge is 0.339 e. The van der Waals surface area contributed by atoms with Crippen molar-refractivity contribution >= 4 is 0 Å². The third kappa shape index (κ3) is 4.00. The summed E-state index contributed by atoms with van der Waals surface area (Å²) in [6, 6.07) is 8.92. The van der Waals surface area contributed by atoms with Crippen LogP contribution >= 0.6 is 0 Å². The number of hydrogen-bond donors (Lipinski definition) is 0. The number of alkyl halides is 3. The number of pyridine rings is 1. The second-order valence-electron chi connectivity index (χ2n) is 6.61. The van der Waals surface area contributed by atoms with E-state index in [-0.39, 0.29) is 11.7 Å². The molecule has 1 aliphatic heterocycles. The highest BCUT2D eigenvalue weighted by molar-refractivity contribution is 5.55. The van der Waals surface area contributed by atoms with Crippen molar-refractivity contribution in [1.82, 2.24) is 20.0 Å². The topological polar surface area (TPSA) is 55.1 Å². The van der Waals surface area contributed by atoms with Crippen molar-refractivity contribution in [2.45, 2.75) is 25.1 Å². The molecular weight excluding hydrogens is 357 g/mol. The second kappa shape index (κ2) is 7.11. The van der Waals surface area contributed by atoms with Gasteiger partial charge in [0.05, 0.1) is 11.5 Å². The molecule has 5 nitrogen and oxygen atoms in total. The van der Waals surface area contributed by atoms with Crippen molar-refractivity contribution in [3.8, 4) is 11.4 Å². The lowest BCUT2D eigenvalue weighted by Crippen LogP contribution is -2.19. The second-order valence-corrected chi connectivity index (χ2v) is 6.61. The average molecular weight is 374 g/mol. The van der Waals surface area contributed by atoms with E-state index < -0.39 is 11.7 Å². The molecule has 3 aromatic rings. The summed E-state index contributed by atoms with van der Waals surface area (Å²) in [5.41, 5.74) is 0.753. The molecule has 0 saturated carbocycles. The molecule has 0 aliphatic carbocycles. The van der Waals surface area contributed by atoms with E-state index in [9.17, 15) is 13.2 Å². The van der Waals surface area contributed by atoms with Crippen LogP contribution in [0.4, 0.5) is 13.2 Å². The van der Waals surface area contributed by atoms with Crippen molar-refractivity contribution < 1.29 is 17.7 Å². The summed E-state index contributed by atoms with van der Waals surface area (Å²) >= 11 is 0. The molecule has 0 amide bonds. The molecule has 0 N–H and O–H groups in total. The van der Waals surface area contributed by atoms with Crippen molar-refractivity contribution in [1.29, 1.82) is 0 Å². The molecule has 1 aromatic carbocycles. The first-order chi connectivity index (χ1) is 13.0. The van der Waals surface area contributed by atoms with Crippen LogP contribution in [0.15, 0.2) is 53.3 Å². The molecule has 27 heavy (non-hydrogen) atoms. The summed E-state index contributed by atoms with van der Waals surface area (Å²) in [6.45, 7) is 2.48. The average Bonchev–Trinajstić information content (AvgIpc) is 3.31. The third-order valence-electron chi connectivity index (χ3n) is 4.67. The summed E-state index contributed by atoms with van der Waals surface area (Å²) in [5, 5.41) is 3.88. The van der Waals surface area contributed by atoms with Gasteiger partial charge in [-0.25, -0.2) is 0 Å². The van der Waals surface area contributed by atoms with Gasteiger partial charge < -0.3 is 4.52 Å². The highest BCUT2D eigenvalue weighted by Gasteiger charge is 2.31. The molecule has 3 heterocycles. The van der Waals surface area contributed by atoms with E-state index in [0.29, 0.717) is 11.5 Å². The Kier molecular flexibility index (Phi) is 4.65. The van der Waals surface area contributed by atoms with Crippen LogP contribution in [0.1, 0.15) is 29.4 Å². The number of likely N-dealkylation sites (tertiary alicyclic amines) is 1. The highest BCUT2D eigenvalue weighted by Crippen LogP contribution is 2.32. The van der Waals surface area contributed by atoms with Gasteiger partial charge in [0.1, 0.15) is 0 Å². The van der Waals surface area contributed by atoms with E-state index in [2.05, 4.69) is 20.0 Å². The first-order valence-electron chi connectivity index (χ1n) is 8.61. The molecule has 1 aliphatic rings. The number of aromatic nitrogens is 3. The standard InChI is InChI=1S/C19H17F3N4O/c20-19(21,22)16-3-1-2-14(10-16)17-24-18(27-25-17)15-6-9-26(12-15)11-13-4-7-23-8-5-13/h1-5,7-8,10,15H,6,9,11-12H2/t15-/m0/s1. The fraction of sp³-hybridized carbons (Fsp3) is 0.316. The van der Waals surface area contributed by atoms with Crippen molar-refractivity contribution in [3.05, 3.63) is 65.8 Å². The summed E-state index contributed by atoms with van der Waals surface area (Å²) in [6.07, 6.45) is 0.00125. The number of benzene rings is 1. The number of hydrogen-bond acceptors (Lipinski definition) is 5. The minimum Gasteiger partial charge on any atom is -0.339 e. The van der Waals surface area contributed by atoms with Crippen molar-refractivity contribution in [3.63, 3.8) is 0 Å². The molecule has 140 valence electrons. The summed E-state index contributed by atoms with van der Waals surface area (Å²) in [4.78, 5) is 10.6. The Balaban J connectivity index is 1.46. The van der Waals surface area contributed by atoms with E-state index in [1.54, 1.807) is 18.5 Å². The van der Waals surface area contributed by atoms with Crippen LogP contribution in [0.5, 0.6) is 0 Å². The van der Waals surface area contributed by atoms with E-state index in [1.807, 2.05) is 12.1 Å². The normalized spacial score (nSPS) is 18.1. The Morgan fingerprint density at radius 3 is 2.74 bits per heavy atom. The van der Waals surface area contributed by atoms with Gasteiger partial charge in [-0.05, 0) is 42.8 Å². The minimum absolute atomic E-state index is 0.0823. The Bertz CT molecular complexity index is 911. The van der Waals surface area contributed by atoms with Gasteiger partial charge in [0.2, 0.25) is 11.7 Å². The van der Waals surface area contributed by atoms with Crippen LogP contribution in [0.25, 0.3) is 11.4 Å². The van der Waals surface area contributed by atoms with Crippen LogP contribution in [0.2, 0.25) is 0 Å². The number of nitrogens with zero attached hydrogens (tertiary/aromatic N) is 4. The fourth-order valence-electron chi connectivity index (χ4n) is 3.28. The van der Waals surface area contributed by atoms with Crippen LogP contribution in [0, 0.1) is 0 Å². The first-order valence-corrected chi connectivity index (χ1v) is 8.61. The van der Waals surface area contributed by atoms with Crippen LogP contribution in [0.3, 0.4) is 0 Å². The zero-order valence-corrected chi connectivity index (χ0v) is 14.4. The molecule has 0 unspecified atom stereocenters. The lowest BCUT2D eigenvalue weighted by molar-refractivity contribution is -0.137. The van der Waals surface area contributed by atoms with Crippen LogP contribution in [-0.4, -0.2) is 33.1 Å². The van der Waals surface area contributed by atoms with Crippen LogP contribution in [-0.2, 0) is 12.7 Å². The predicted molar refractivity (Wildman–Crippen MR) is 91.6 cm³/mol. The minimum atomic E-state index is -4.40. The molecule has 1 fully saturated rings. The van der Waals surface area contributed by atoms with E-state index >= 15 is 0 Å². The maximum atomic E-state index is 12.9. The van der Waals surface area contributed by atoms with Gasteiger partial charge in [-0.15, -0.1) is 0 Å². The lowest BCUT2D eigenvalue weighted by Gasteiger charge is -2.14.